The maximum atomic E-state index is 13.0. The summed E-state index contributed by atoms with van der Waals surface area (Å²) in [4.78, 5) is 28.9. The van der Waals surface area contributed by atoms with E-state index < -0.39 is 11.9 Å². The fraction of sp³-hybridized carbons (Fsp3) is 0.440. The van der Waals surface area contributed by atoms with Gasteiger partial charge in [-0.05, 0) is 68.0 Å². The lowest BCUT2D eigenvalue weighted by Crippen LogP contribution is -2.49. The van der Waals surface area contributed by atoms with Gasteiger partial charge in [0.2, 0.25) is 5.91 Å². The van der Waals surface area contributed by atoms with Gasteiger partial charge in [-0.3, -0.25) is 19.7 Å². The first-order valence-electron chi connectivity index (χ1n) is 11.2. The molecule has 0 saturated carbocycles. The highest BCUT2D eigenvalue weighted by molar-refractivity contribution is 5.88. The molecule has 2 heterocycles. The highest BCUT2D eigenvalue weighted by atomic mass is 16.5. The van der Waals surface area contributed by atoms with Crippen LogP contribution in [0.25, 0.3) is 11.1 Å². The molecule has 2 N–H and O–H groups in total. The number of carbonyl (C=O) groups is 2. The molecule has 31 heavy (non-hydrogen) atoms. The van der Waals surface area contributed by atoms with Gasteiger partial charge in [0.15, 0.2) is 0 Å². The smallest absolute Gasteiger partial charge is 0.266 e. The minimum absolute atomic E-state index is 0.0416. The van der Waals surface area contributed by atoms with Crippen molar-refractivity contribution in [2.75, 3.05) is 19.6 Å². The maximum absolute atomic E-state index is 13.0. The third-order valence-corrected chi connectivity index (χ3v) is 6.81. The van der Waals surface area contributed by atoms with Crippen LogP contribution in [0.5, 0.6) is 0 Å². The Balaban J connectivity index is 1.37. The van der Waals surface area contributed by atoms with Gasteiger partial charge in [0.25, 0.3) is 5.91 Å². The Morgan fingerprint density at radius 1 is 1.00 bits per heavy atom. The molecule has 1 atom stereocenters. The highest BCUT2D eigenvalue weighted by Crippen LogP contribution is 2.29. The lowest BCUT2D eigenvalue weighted by atomic mass is 9.93. The van der Waals surface area contributed by atoms with Crippen LogP contribution < -0.4 is 5.48 Å². The Morgan fingerprint density at radius 3 is 2.45 bits per heavy atom. The molecule has 6 nitrogen and oxygen atoms in total. The van der Waals surface area contributed by atoms with E-state index in [2.05, 4.69) is 54.3 Å². The van der Waals surface area contributed by atoms with E-state index in [0.29, 0.717) is 13.0 Å². The topological polar surface area (TPSA) is 72.9 Å². The van der Waals surface area contributed by atoms with Gasteiger partial charge < -0.3 is 4.90 Å². The summed E-state index contributed by atoms with van der Waals surface area (Å²) in [5.41, 5.74) is 6.84. The lowest BCUT2D eigenvalue weighted by Gasteiger charge is -2.34. The van der Waals surface area contributed by atoms with Crippen LogP contribution in [0.3, 0.4) is 0 Å². The quantitative estimate of drug-likeness (QED) is 0.574. The second-order valence-electron chi connectivity index (χ2n) is 8.67. The summed E-state index contributed by atoms with van der Waals surface area (Å²) < 4.78 is 0. The zero-order valence-electron chi connectivity index (χ0n) is 18.1. The van der Waals surface area contributed by atoms with E-state index in [1.807, 2.05) is 6.07 Å². The van der Waals surface area contributed by atoms with Crippen molar-refractivity contribution in [1.29, 1.82) is 0 Å². The van der Waals surface area contributed by atoms with Gasteiger partial charge in [0.1, 0.15) is 6.04 Å². The molecule has 6 heteroatoms. The van der Waals surface area contributed by atoms with E-state index in [4.69, 9.17) is 5.21 Å². The number of likely N-dealkylation sites (tertiary alicyclic amines) is 2. The number of amides is 2. The Labute approximate surface area is 183 Å². The molecule has 1 unspecified atom stereocenters. The average molecular weight is 422 g/mol. The number of nitrogens with zero attached hydrogens (tertiary/aromatic N) is 2. The van der Waals surface area contributed by atoms with E-state index >= 15 is 0 Å². The predicted molar refractivity (Wildman–Crippen MR) is 119 cm³/mol. The molecule has 2 saturated heterocycles. The fourth-order valence-electron chi connectivity index (χ4n) is 4.98. The monoisotopic (exact) mass is 421 g/mol. The zero-order valence-corrected chi connectivity index (χ0v) is 18.1. The summed E-state index contributed by atoms with van der Waals surface area (Å²) in [7, 11) is 0. The van der Waals surface area contributed by atoms with Crippen LogP contribution in [0.2, 0.25) is 0 Å². The number of carbonyl (C=O) groups excluding carboxylic acids is 2. The molecule has 2 aliphatic heterocycles. The van der Waals surface area contributed by atoms with Crippen LogP contribution in [0.1, 0.15) is 36.8 Å². The van der Waals surface area contributed by atoms with Crippen molar-refractivity contribution in [2.24, 2.45) is 5.92 Å². The SMILES string of the molecule is Cc1c(CN2CCC(C(=O)N3CCCC3C(=O)NO)CC2)cccc1-c1ccccc1. The normalized spacial score (nSPS) is 20.1. The second-order valence-corrected chi connectivity index (χ2v) is 8.67. The third kappa shape index (κ3) is 4.65. The first-order chi connectivity index (χ1) is 15.1. The Bertz CT molecular complexity index is 923. The van der Waals surface area contributed by atoms with Crippen LogP contribution in [0.4, 0.5) is 0 Å². The van der Waals surface area contributed by atoms with E-state index in [-0.39, 0.29) is 11.8 Å². The van der Waals surface area contributed by atoms with Crippen molar-refractivity contribution in [3.05, 3.63) is 59.7 Å². The second kappa shape index (κ2) is 9.62. The molecule has 0 aromatic heterocycles. The van der Waals surface area contributed by atoms with Crippen molar-refractivity contribution in [2.45, 2.75) is 45.2 Å². The van der Waals surface area contributed by atoms with Crippen LogP contribution in [-0.2, 0) is 16.1 Å². The van der Waals surface area contributed by atoms with E-state index in [9.17, 15) is 9.59 Å². The highest BCUT2D eigenvalue weighted by Gasteiger charge is 2.38. The number of nitrogens with one attached hydrogen (secondary N) is 1. The van der Waals surface area contributed by atoms with Gasteiger partial charge >= 0.3 is 0 Å². The fourth-order valence-corrected chi connectivity index (χ4v) is 4.98. The molecule has 0 radical (unpaired) electrons. The first kappa shape index (κ1) is 21.5. The van der Waals surface area contributed by atoms with Crippen molar-refractivity contribution in [3.63, 3.8) is 0 Å². The molecule has 2 aromatic carbocycles. The Morgan fingerprint density at radius 2 is 1.74 bits per heavy atom. The molecule has 0 bridgehead atoms. The summed E-state index contributed by atoms with van der Waals surface area (Å²) in [6.07, 6.45) is 3.04. The van der Waals surface area contributed by atoms with Crippen LogP contribution >= 0.6 is 0 Å². The molecule has 0 spiro atoms. The number of hydroxylamine groups is 1. The van der Waals surface area contributed by atoms with Gasteiger partial charge in [-0.2, -0.15) is 0 Å². The molecular weight excluding hydrogens is 390 g/mol. The van der Waals surface area contributed by atoms with Crippen LogP contribution in [0.15, 0.2) is 48.5 Å². The van der Waals surface area contributed by atoms with E-state index in [0.717, 1.165) is 38.9 Å². The molecule has 164 valence electrons. The molecule has 2 aliphatic rings. The lowest BCUT2D eigenvalue weighted by molar-refractivity contribution is -0.145. The van der Waals surface area contributed by atoms with Crippen molar-refractivity contribution in [1.82, 2.24) is 15.3 Å². The third-order valence-electron chi connectivity index (χ3n) is 6.81. The van der Waals surface area contributed by atoms with Crippen LogP contribution in [-0.4, -0.2) is 52.5 Å². The molecule has 4 rings (SSSR count). The average Bonchev–Trinajstić information content (AvgIpc) is 3.30. The molecule has 0 aliphatic carbocycles. The summed E-state index contributed by atoms with van der Waals surface area (Å²) in [6.45, 7) is 5.41. The largest absolute Gasteiger partial charge is 0.330 e. The maximum Gasteiger partial charge on any atom is 0.266 e. The minimum Gasteiger partial charge on any atom is -0.330 e. The zero-order chi connectivity index (χ0) is 21.8. The summed E-state index contributed by atoms with van der Waals surface area (Å²) in [5.74, 6) is -0.454. The molecule has 2 aromatic rings. The van der Waals surface area contributed by atoms with Gasteiger partial charge in [-0.25, -0.2) is 5.48 Å². The van der Waals surface area contributed by atoms with Gasteiger partial charge in [-0.1, -0.05) is 48.5 Å². The predicted octanol–water partition coefficient (Wildman–Crippen LogP) is 3.37. The number of hydrogen-bond donors (Lipinski definition) is 2. The first-order valence-corrected chi connectivity index (χ1v) is 11.2. The number of hydrogen-bond acceptors (Lipinski definition) is 4. The summed E-state index contributed by atoms with van der Waals surface area (Å²) in [5, 5.41) is 8.95. The van der Waals surface area contributed by atoms with Crippen molar-refractivity contribution in [3.8, 4) is 11.1 Å². The standard InChI is InChI=1S/C25H31N3O3/c1-18-21(9-5-10-22(18)19-7-3-2-4-8-19)17-27-15-12-20(13-16-27)25(30)28-14-6-11-23(28)24(29)26-31/h2-5,7-10,20,23,31H,6,11-17H2,1H3,(H,26,29). The van der Waals surface area contributed by atoms with E-state index in [1.54, 1.807) is 10.4 Å². The summed E-state index contributed by atoms with van der Waals surface area (Å²) >= 11 is 0. The van der Waals surface area contributed by atoms with Crippen LogP contribution in [0, 0.1) is 12.8 Å². The molecular formula is C25H31N3O3. The molecule has 2 fully saturated rings. The minimum atomic E-state index is -0.529. The van der Waals surface area contributed by atoms with Crippen molar-refractivity contribution < 1.29 is 14.8 Å². The Kier molecular flexibility index (Phi) is 6.68. The Hall–Kier alpha value is -2.70. The number of piperidine rings is 1. The van der Waals surface area contributed by atoms with Gasteiger partial charge in [0, 0.05) is 19.0 Å². The number of rotatable bonds is 5. The van der Waals surface area contributed by atoms with Crippen molar-refractivity contribution >= 4 is 11.8 Å². The molecule has 2 amide bonds. The van der Waals surface area contributed by atoms with E-state index in [1.165, 1.54) is 22.3 Å². The summed E-state index contributed by atoms with van der Waals surface area (Å²) in [6, 6.07) is 16.4. The van der Waals surface area contributed by atoms with Gasteiger partial charge in [-0.15, -0.1) is 0 Å². The van der Waals surface area contributed by atoms with Gasteiger partial charge in [0.05, 0.1) is 0 Å². The number of benzene rings is 2.